The maximum atomic E-state index is 11.8. The molecule has 0 aliphatic rings. The summed E-state index contributed by atoms with van der Waals surface area (Å²) < 4.78 is 0. The summed E-state index contributed by atoms with van der Waals surface area (Å²) in [6, 6.07) is -0.415. The third-order valence-electron chi connectivity index (χ3n) is 3.55. The van der Waals surface area contributed by atoms with Crippen LogP contribution in [0, 0.1) is 5.41 Å². The lowest BCUT2D eigenvalue weighted by atomic mass is 9.87. The lowest BCUT2D eigenvalue weighted by Gasteiger charge is -2.25. The number of rotatable bonds is 10. The molecule has 3 heteroatoms. The van der Waals surface area contributed by atoms with Crippen LogP contribution in [-0.2, 0) is 4.79 Å². The van der Waals surface area contributed by atoms with Gasteiger partial charge in [0.15, 0.2) is 0 Å². The second-order valence-corrected chi connectivity index (χ2v) is 6.61. The van der Waals surface area contributed by atoms with Crippen molar-refractivity contribution in [3.63, 3.8) is 0 Å². The monoisotopic (exact) mass is 270 g/mol. The smallest absolute Gasteiger partial charge is 0.237 e. The molecular formula is C16H34N2O. The van der Waals surface area contributed by atoms with E-state index in [-0.39, 0.29) is 11.3 Å². The fourth-order valence-corrected chi connectivity index (χ4v) is 1.97. The molecule has 114 valence electrons. The van der Waals surface area contributed by atoms with E-state index < -0.39 is 6.04 Å². The third-order valence-corrected chi connectivity index (χ3v) is 3.55. The highest BCUT2D eigenvalue weighted by Crippen LogP contribution is 2.17. The van der Waals surface area contributed by atoms with E-state index in [1.807, 2.05) is 20.8 Å². The zero-order valence-electron chi connectivity index (χ0n) is 13.4. The van der Waals surface area contributed by atoms with Crippen LogP contribution in [0.1, 0.15) is 79.1 Å². The van der Waals surface area contributed by atoms with E-state index in [0.717, 1.165) is 13.0 Å². The Morgan fingerprint density at radius 2 is 1.47 bits per heavy atom. The Morgan fingerprint density at radius 3 is 1.95 bits per heavy atom. The minimum atomic E-state index is -0.415. The van der Waals surface area contributed by atoms with Crippen LogP contribution in [0.4, 0.5) is 0 Å². The molecule has 0 bridgehead atoms. The predicted molar refractivity (Wildman–Crippen MR) is 83.1 cm³/mol. The predicted octanol–water partition coefficient (Wildman–Crippen LogP) is 3.62. The molecule has 0 aliphatic heterocycles. The van der Waals surface area contributed by atoms with Crippen molar-refractivity contribution in [2.45, 2.75) is 85.1 Å². The van der Waals surface area contributed by atoms with E-state index >= 15 is 0 Å². The highest BCUT2D eigenvalue weighted by molar-refractivity contribution is 5.82. The number of hydrogen-bond acceptors (Lipinski definition) is 2. The van der Waals surface area contributed by atoms with Crippen LogP contribution in [-0.4, -0.2) is 18.5 Å². The summed E-state index contributed by atoms with van der Waals surface area (Å²) in [4.78, 5) is 11.8. The van der Waals surface area contributed by atoms with Gasteiger partial charge in [-0.05, 0) is 11.8 Å². The second-order valence-electron chi connectivity index (χ2n) is 6.61. The van der Waals surface area contributed by atoms with E-state index in [4.69, 9.17) is 5.73 Å². The number of carbonyl (C=O) groups excluding carboxylic acids is 1. The van der Waals surface area contributed by atoms with Crippen molar-refractivity contribution >= 4 is 5.91 Å². The van der Waals surface area contributed by atoms with Crippen molar-refractivity contribution < 1.29 is 4.79 Å². The van der Waals surface area contributed by atoms with E-state index in [9.17, 15) is 4.79 Å². The van der Waals surface area contributed by atoms with Gasteiger partial charge in [-0.2, -0.15) is 0 Å². The Morgan fingerprint density at radius 1 is 1.00 bits per heavy atom. The summed E-state index contributed by atoms with van der Waals surface area (Å²) in [7, 11) is 0. The summed E-state index contributed by atoms with van der Waals surface area (Å²) in [5.41, 5.74) is 5.73. The molecule has 0 spiro atoms. The van der Waals surface area contributed by atoms with Gasteiger partial charge in [-0.25, -0.2) is 0 Å². The first-order chi connectivity index (χ1) is 8.89. The molecule has 0 aromatic heterocycles. The van der Waals surface area contributed by atoms with E-state index in [1.54, 1.807) is 0 Å². The molecule has 3 nitrogen and oxygen atoms in total. The standard InChI is InChI=1S/C16H34N2O/c1-5-6-7-8-9-10-11-12-13-18-15(19)14(17)16(2,3)4/h14H,5-13,17H2,1-4H3,(H,18,19)/t14-/m0/s1. The molecule has 19 heavy (non-hydrogen) atoms. The molecule has 0 saturated carbocycles. The number of nitrogens with one attached hydrogen (secondary N) is 1. The average molecular weight is 270 g/mol. The molecule has 0 radical (unpaired) electrons. The quantitative estimate of drug-likeness (QED) is 0.596. The lowest BCUT2D eigenvalue weighted by Crippen LogP contribution is -2.48. The van der Waals surface area contributed by atoms with Crippen molar-refractivity contribution in [2.75, 3.05) is 6.54 Å². The second kappa shape index (κ2) is 10.2. The number of amides is 1. The third kappa shape index (κ3) is 9.94. The first kappa shape index (κ1) is 18.4. The molecule has 0 rings (SSSR count). The zero-order chi connectivity index (χ0) is 14.7. The highest BCUT2D eigenvalue weighted by atomic mass is 16.2. The Hall–Kier alpha value is -0.570. The van der Waals surface area contributed by atoms with Crippen molar-refractivity contribution in [3.05, 3.63) is 0 Å². The molecule has 0 fully saturated rings. The fraction of sp³-hybridized carbons (Fsp3) is 0.938. The Balaban J connectivity index is 3.42. The summed E-state index contributed by atoms with van der Waals surface area (Å²) in [6.07, 6.45) is 10.3. The molecule has 3 N–H and O–H groups in total. The largest absolute Gasteiger partial charge is 0.355 e. The molecule has 0 heterocycles. The highest BCUT2D eigenvalue weighted by Gasteiger charge is 2.26. The van der Waals surface area contributed by atoms with Gasteiger partial charge < -0.3 is 11.1 Å². The van der Waals surface area contributed by atoms with Gasteiger partial charge in [0.05, 0.1) is 6.04 Å². The fourth-order valence-electron chi connectivity index (χ4n) is 1.97. The molecule has 0 aromatic rings. The first-order valence-corrected chi connectivity index (χ1v) is 7.93. The summed E-state index contributed by atoms with van der Waals surface area (Å²) in [6.45, 7) is 8.98. The summed E-state index contributed by atoms with van der Waals surface area (Å²) in [5, 5.41) is 2.94. The maximum Gasteiger partial charge on any atom is 0.237 e. The van der Waals surface area contributed by atoms with Crippen LogP contribution < -0.4 is 11.1 Å². The van der Waals surface area contributed by atoms with Crippen LogP contribution in [0.2, 0.25) is 0 Å². The van der Waals surface area contributed by atoms with Gasteiger partial charge in [-0.15, -0.1) is 0 Å². The van der Waals surface area contributed by atoms with Crippen LogP contribution in [0.3, 0.4) is 0 Å². The molecule has 1 atom stereocenters. The van der Waals surface area contributed by atoms with Crippen LogP contribution in [0.25, 0.3) is 0 Å². The van der Waals surface area contributed by atoms with Crippen LogP contribution in [0.5, 0.6) is 0 Å². The molecular weight excluding hydrogens is 236 g/mol. The van der Waals surface area contributed by atoms with Gasteiger partial charge in [0, 0.05) is 6.54 Å². The van der Waals surface area contributed by atoms with Crippen molar-refractivity contribution in [3.8, 4) is 0 Å². The Labute approximate surface area is 119 Å². The van der Waals surface area contributed by atoms with Gasteiger partial charge in [-0.3, -0.25) is 4.79 Å². The zero-order valence-corrected chi connectivity index (χ0v) is 13.4. The molecule has 0 saturated heterocycles. The molecule has 0 aliphatic carbocycles. The molecule has 0 aromatic carbocycles. The van der Waals surface area contributed by atoms with E-state index in [0.29, 0.717) is 0 Å². The number of carbonyl (C=O) groups is 1. The maximum absolute atomic E-state index is 11.8. The van der Waals surface area contributed by atoms with Crippen LogP contribution >= 0.6 is 0 Å². The number of unbranched alkanes of at least 4 members (excludes halogenated alkanes) is 7. The Bertz CT molecular complexity index is 233. The van der Waals surface area contributed by atoms with Crippen molar-refractivity contribution in [2.24, 2.45) is 11.1 Å². The van der Waals surface area contributed by atoms with Gasteiger partial charge >= 0.3 is 0 Å². The van der Waals surface area contributed by atoms with Gasteiger partial charge in [0.1, 0.15) is 0 Å². The molecule has 1 amide bonds. The van der Waals surface area contributed by atoms with Gasteiger partial charge in [0.25, 0.3) is 0 Å². The average Bonchev–Trinajstić information content (AvgIpc) is 2.34. The van der Waals surface area contributed by atoms with Gasteiger partial charge in [0.2, 0.25) is 5.91 Å². The van der Waals surface area contributed by atoms with Gasteiger partial charge in [-0.1, -0.05) is 72.6 Å². The van der Waals surface area contributed by atoms with Crippen molar-refractivity contribution in [1.82, 2.24) is 5.32 Å². The van der Waals surface area contributed by atoms with Crippen LogP contribution in [0.15, 0.2) is 0 Å². The van der Waals surface area contributed by atoms with E-state index in [1.165, 1.54) is 44.9 Å². The summed E-state index contributed by atoms with van der Waals surface area (Å²) in [5.74, 6) is -0.0181. The minimum absolute atomic E-state index is 0.0181. The van der Waals surface area contributed by atoms with E-state index in [2.05, 4.69) is 12.2 Å². The number of hydrogen-bond donors (Lipinski definition) is 2. The molecule has 0 unspecified atom stereocenters. The summed E-state index contributed by atoms with van der Waals surface area (Å²) >= 11 is 0. The Kier molecular flexibility index (Phi) is 9.94. The van der Waals surface area contributed by atoms with Crippen molar-refractivity contribution in [1.29, 1.82) is 0 Å². The minimum Gasteiger partial charge on any atom is -0.355 e. The number of nitrogens with two attached hydrogens (primary N) is 1. The SMILES string of the molecule is CCCCCCCCCCNC(=O)[C@H](N)C(C)(C)C. The first-order valence-electron chi connectivity index (χ1n) is 7.93. The normalized spacial score (nSPS) is 13.3. The lowest BCUT2D eigenvalue weighted by molar-refractivity contribution is -0.124. The topological polar surface area (TPSA) is 55.1 Å².